The van der Waals surface area contributed by atoms with Crippen LogP contribution in [0.2, 0.25) is 5.02 Å². The van der Waals surface area contributed by atoms with Crippen LogP contribution in [0, 0.1) is 0 Å². The first-order valence-electron chi connectivity index (χ1n) is 9.13. The van der Waals surface area contributed by atoms with E-state index in [4.69, 9.17) is 16.3 Å². The fourth-order valence-electron chi connectivity index (χ4n) is 3.37. The average Bonchev–Trinajstić information content (AvgIpc) is 3.16. The molecule has 2 heterocycles. The van der Waals surface area contributed by atoms with Crippen LogP contribution >= 0.6 is 11.6 Å². The summed E-state index contributed by atoms with van der Waals surface area (Å²) in [6, 6.07) is 17.0. The number of aromatic nitrogens is 1. The van der Waals surface area contributed by atoms with Crippen LogP contribution in [-0.4, -0.2) is 54.5 Å². The minimum atomic E-state index is -0.526. The number of amides is 1. The molecular formula is C21H20ClN3O3. The van der Waals surface area contributed by atoms with Gasteiger partial charge in [-0.2, -0.15) is 0 Å². The van der Waals surface area contributed by atoms with E-state index in [0.29, 0.717) is 36.9 Å². The molecular weight excluding hydrogens is 378 g/mol. The van der Waals surface area contributed by atoms with Crippen LogP contribution < -0.4 is 4.90 Å². The van der Waals surface area contributed by atoms with Gasteiger partial charge in [0.05, 0.1) is 0 Å². The van der Waals surface area contributed by atoms with Gasteiger partial charge in [0, 0.05) is 47.8 Å². The van der Waals surface area contributed by atoms with Gasteiger partial charge in [0.15, 0.2) is 6.61 Å². The molecule has 0 saturated carbocycles. The summed E-state index contributed by atoms with van der Waals surface area (Å²) < 4.78 is 5.21. The lowest BCUT2D eigenvalue weighted by molar-refractivity contribution is -0.134. The van der Waals surface area contributed by atoms with Gasteiger partial charge in [0.2, 0.25) is 0 Å². The van der Waals surface area contributed by atoms with E-state index in [1.165, 1.54) is 0 Å². The van der Waals surface area contributed by atoms with E-state index in [1.54, 1.807) is 11.0 Å². The molecule has 1 N–H and O–H groups in total. The molecule has 0 spiro atoms. The van der Waals surface area contributed by atoms with Gasteiger partial charge in [0.25, 0.3) is 5.91 Å². The van der Waals surface area contributed by atoms with Crippen LogP contribution in [0.15, 0.2) is 54.6 Å². The Bertz CT molecular complexity index is 976. The Morgan fingerprint density at radius 2 is 1.79 bits per heavy atom. The molecule has 0 aliphatic carbocycles. The number of aromatic amines is 1. The highest BCUT2D eigenvalue weighted by atomic mass is 35.5. The van der Waals surface area contributed by atoms with Crippen LogP contribution in [0.4, 0.5) is 5.69 Å². The third kappa shape index (κ3) is 3.97. The van der Waals surface area contributed by atoms with Crippen molar-refractivity contribution in [3.8, 4) is 0 Å². The lowest BCUT2D eigenvalue weighted by atomic mass is 10.2. The van der Waals surface area contributed by atoms with Gasteiger partial charge in [-0.05, 0) is 30.3 Å². The fourth-order valence-corrected chi connectivity index (χ4v) is 3.55. The first-order valence-corrected chi connectivity index (χ1v) is 9.51. The molecule has 0 unspecified atom stereocenters. The summed E-state index contributed by atoms with van der Waals surface area (Å²) in [5.74, 6) is -0.711. The molecule has 1 amide bonds. The lowest BCUT2D eigenvalue weighted by Crippen LogP contribution is -2.49. The van der Waals surface area contributed by atoms with E-state index < -0.39 is 5.97 Å². The van der Waals surface area contributed by atoms with Crippen molar-refractivity contribution in [2.45, 2.75) is 0 Å². The van der Waals surface area contributed by atoms with Gasteiger partial charge in [-0.15, -0.1) is 0 Å². The number of H-pyrrole nitrogens is 1. The summed E-state index contributed by atoms with van der Waals surface area (Å²) in [6.07, 6.45) is 0. The number of hydrogen-bond acceptors (Lipinski definition) is 4. The van der Waals surface area contributed by atoms with Crippen molar-refractivity contribution in [3.63, 3.8) is 0 Å². The molecule has 0 bridgehead atoms. The highest BCUT2D eigenvalue weighted by Gasteiger charge is 2.23. The molecule has 2 aromatic carbocycles. The maximum Gasteiger partial charge on any atom is 0.355 e. The van der Waals surface area contributed by atoms with E-state index in [0.717, 1.165) is 16.6 Å². The van der Waals surface area contributed by atoms with E-state index in [-0.39, 0.29) is 12.5 Å². The number of halogens is 1. The number of anilines is 1. The van der Waals surface area contributed by atoms with Crippen LogP contribution in [-0.2, 0) is 9.53 Å². The van der Waals surface area contributed by atoms with Gasteiger partial charge < -0.3 is 19.5 Å². The number of carbonyl (C=O) groups is 2. The van der Waals surface area contributed by atoms with Gasteiger partial charge in [-0.3, -0.25) is 4.79 Å². The smallest absolute Gasteiger partial charge is 0.355 e. The summed E-state index contributed by atoms with van der Waals surface area (Å²) in [4.78, 5) is 31.5. The largest absolute Gasteiger partial charge is 0.451 e. The minimum absolute atomic E-state index is 0.185. The topological polar surface area (TPSA) is 65.6 Å². The maximum atomic E-state index is 12.4. The highest BCUT2D eigenvalue weighted by molar-refractivity contribution is 6.30. The molecule has 4 rings (SSSR count). The Hall–Kier alpha value is -2.99. The van der Waals surface area contributed by atoms with Crippen LogP contribution in [0.25, 0.3) is 10.9 Å². The predicted molar refractivity (Wildman–Crippen MR) is 109 cm³/mol. The molecule has 0 radical (unpaired) electrons. The Kier molecular flexibility index (Phi) is 5.21. The number of nitrogens with zero attached hydrogens (tertiary/aromatic N) is 2. The standard InChI is InChI=1S/C21H20ClN3O3/c22-16-5-3-6-17(13-16)24-8-10-25(11-9-24)20(26)14-28-21(27)19-12-15-4-1-2-7-18(15)23-19/h1-7,12-13,23H,8-11,14H2. The second-order valence-electron chi connectivity index (χ2n) is 6.69. The summed E-state index contributed by atoms with van der Waals surface area (Å²) in [6.45, 7) is 2.32. The minimum Gasteiger partial charge on any atom is -0.451 e. The normalized spacial score (nSPS) is 14.3. The average molecular weight is 398 g/mol. The molecule has 3 aromatic rings. The number of rotatable bonds is 4. The van der Waals surface area contributed by atoms with E-state index in [1.807, 2.05) is 48.5 Å². The molecule has 28 heavy (non-hydrogen) atoms. The zero-order chi connectivity index (χ0) is 19.5. The zero-order valence-corrected chi connectivity index (χ0v) is 16.0. The highest BCUT2D eigenvalue weighted by Crippen LogP contribution is 2.21. The van der Waals surface area contributed by atoms with Crippen LogP contribution in [0.3, 0.4) is 0 Å². The van der Waals surface area contributed by atoms with Crippen molar-refractivity contribution in [3.05, 3.63) is 65.3 Å². The zero-order valence-electron chi connectivity index (χ0n) is 15.2. The van der Waals surface area contributed by atoms with Crippen molar-refractivity contribution < 1.29 is 14.3 Å². The van der Waals surface area contributed by atoms with Crippen molar-refractivity contribution in [1.82, 2.24) is 9.88 Å². The summed E-state index contributed by atoms with van der Waals surface area (Å²) in [5.41, 5.74) is 2.25. The molecule has 144 valence electrons. The molecule has 0 atom stereocenters. The second kappa shape index (κ2) is 7.94. The molecule has 1 fully saturated rings. The SMILES string of the molecule is O=C(OCC(=O)N1CCN(c2cccc(Cl)c2)CC1)c1cc2ccccc2[nH]1. The third-order valence-corrected chi connectivity index (χ3v) is 5.12. The number of benzene rings is 2. The molecule has 1 aromatic heterocycles. The van der Waals surface area contributed by atoms with Crippen molar-refractivity contribution in [1.29, 1.82) is 0 Å². The maximum absolute atomic E-state index is 12.4. The van der Waals surface area contributed by atoms with Gasteiger partial charge in [0.1, 0.15) is 5.69 Å². The van der Waals surface area contributed by atoms with Crippen LogP contribution in [0.1, 0.15) is 10.5 Å². The molecule has 1 aliphatic heterocycles. The van der Waals surface area contributed by atoms with Crippen molar-refractivity contribution >= 4 is 40.1 Å². The molecule has 7 heteroatoms. The Balaban J connectivity index is 1.29. The quantitative estimate of drug-likeness (QED) is 0.686. The lowest BCUT2D eigenvalue weighted by Gasteiger charge is -2.36. The summed E-state index contributed by atoms with van der Waals surface area (Å²) in [7, 11) is 0. The second-order valence-corrected chi connectivity index (χ2v) is 7.13. The molecule has 6 nitrogen and oxygen atoms in total. The van der Waals surface area contributed by atoms with Crippen LogP contribution in [0.5, 0.6) is 0 Å². The number of para-hydroxylation sites is 1. The molecule has 1 saturated heterocycles. The fraction of sp³-hybridized carbons (Fsp3) is 0.238. The monoisotopic (exact) mass is 397 g/mol. The number of hydrogen-bond donors (Lipinski definition) is 1. The van der Waals surface area contributed by atoms with E-state index >= 15 is 0 Å². The Labute approximate surface area is 167 Å². The Morgan fingerprint density at radius 1 is 1.00 bits per heavy atom. The van der Waals surface area contributed by atoms with E-state index in [9.17, 15) is 9.59 Å². The number of nitrogens with one attached hydrogen (secondary N) is 1. The van der Waals surface area contributed by atoms with Gasteiger partial charge >= 0.3 is 5.97 Å². The third-order valence-electron chi connectivity index (χ3n) is 4.88. The van der Waals surface area contributed by atoms with Crippen molar-refractivity contribution in [2.24, 2.45) is 0 Å². The Morgan fingerprint density at radius 3 is 2.54 bits per heavy atom. The van der Waals surface area contributed by atoms with Gasteiger partial charge in [-0.1, -0.05) is 35.9 Å². The first-order chi connectivity index (χ1) is 13.6. The van der Waals surface area contributed by atoms with Crippen molar-refractivity contribution in [2.75, 3.05) is 37.7 Å². The molecule has 1 aliphatic rings. The number of fused-ring (bicyclic) bond motifs is 1. The van der Waals surface area contributed by atoms with Gasteiger partial charge in [-0.25, -0.2) is 4.79 Å². The number of carbonyl (C=O) groups excluding carboxylic acids is 2. The first kappa shape index (κ1) is 18.4. The number of piperazine rings is 1. The number of esters is 1. The summed E-state index contributed by atoms with van der Waals surface area (Å²) in [5, 5.41) is 1.62. The predicted octanol–water partition coefficient (Wildman–Crippen LogP) is 3.33. The summed E-state index contributed by atoms with van der Waals surface area (Å²) >= 11 is 6.05. The van der Waals surface area contributed by atoms with E-state index in [2.05, 4.69) is 9.88 Å². The number of ether oxygens (including phenoxy) is 1.